The van der Waals surface area contributed by atoms with Crippen molar-refractivity contribution < 1.29 is 9.84 Å². The van der Waals surface area contributed by atoms with Gasteiger partial charge in [-0.2, -0.15) is 0 Å². The lowest BCUT2D eigenvalue weighted by atomic mass is 9.86. The van der Waals surface area contributed by atoms with Gasteiger partial charge in [-0.25, -0.2) is 0 Å². The summed E-state index contributed by atoms with van der Waals surface area (Å²) in [4.78, 5) is 2.21. The van der Waals surface area contributed by atoms with Gasteiger partial charge in [0.2, 0.25) is 0 Å². The number of methoxy groups -OCH3 is 1. The number of ether oxygens (including phenoxy) is 1. The molecule has 0 unspecified atom stereocenters. The van der Waals surface area contributed by atoms with Crippen LogP contribution in [0.3, 0.4) is 0 Å². The fraction of sp³-hybridized carbons (Fsp3) is 0.412. The highest BCUT2D eigenvalue weighted by atomic mass is 16.5. The molecule has 1 fully saturated rings. The molecule has 3 rings (SSSR count). The Hall–Kier alpha value is -1.58. The van der Waals surface area contributed by atoms with E-state index in [1.165, 1.54) is 0 Å². The van der Waals surface area contributed by atoms with Crippen LogP contribution < -0.4 is 4.74 Å². The van der Waals surface area contributed by atoms with Crippen molar-refractivity contribution in [3.05, 3.63) is 42.0 Å². The summed E-state index contributed by atoms with van der Waals surface area (Å²) < 4.78 is 5.25. The van der Waals surface area contributed by atoms with Crippen molar-refractivity contribution in [2.24, 2.45) is 0 Å². The summed E-state index contributed by atoms with van der Waals surface area (Å²) in [5.41, 5.74) is 0.259. The maximum absolute atomic E-state index is 11.0. The molecule has 1 aliphatic heterocycles. The summed E-state index contributed by atoms with van der Waals surface area (Å²) in [5, 5.41) is 13.3. The number of fused-ring (bicyclic) bond motifs is 1. The van der Waals surface area contributed by atoms with E-state index in [-0.39, 0.29) is 6.04 Å². The third-order valence-corrected chi connectivity index (χ3v) is 4.75. The number of aliphatic hydroxyl groups is 1. The number of likely N-dealkylation sites (N-methyl/N-ethyl adjacent to an activating group) is 1. The Bertz CT molecular complexity index is 640. The highest BCUT2D eigenvalue weighted by molar-refractivity contribution is 5.84. The molecule has 3 nitrogen and oxygen atoms in total. The van der Waals surface area contributed by atoms with Crippen molar-refractivity contribution in [1.82, 2.24) is 4.90 Å². The highest BCUT2D eigenvalue weighted by Gasteiger charge is 2.43. The molecule has 1 heterocycles. The average Bonchev–Trinajstić information content (AvgIpc) is 2.75. The molecule has 0 radical (unpaired) electrons. The molecular formula is C17H21NO2. The fourth-order valence-electron chi connectivity index (χ4n) is 3.12. The van der Waals surface area contributed by atoms with Crippen LogP contribution in [0.4, 0.5) is 0 Å². The zero-order valence-corrected chi connectivity index (χ0v) is 12.3. The summed E-state index contributed by atoms with van der Waals surface area (Å²) in [6, 6.07) is 12.4. The SMILES string of the molecule is COc1ccc2cc([C@@]3(O)CCN(C)[C@@H]3C)ccc2c1. The lowest BCUT2D eigenvalue weighted by Crippen LogP contribution is -2.38. The van der Waals surface area contributed by atoms with Crippen molar-refractivity contribution in [3.63, 3.8) is 0 Å². The molecule has 20 heavy (non-hydrogen) atoms. The molecule has 1 N–H and O–H groups in total. The Morgan fingerprint density at radius 1 is 1.20 bits per heavy atom. The quantitative estimate of drug-likeness (QED) is 0.911. The molecule has 1 saturated heterocycles. The van der Waals surface area contributed by atoms with Gasteiger partial charge in [-0.05, 0) is 54.9 Å². The van der Waals surface area contributed by atoms with Crippen LogP contribution in [0, 0.1) is 0 Å². The minimum atomic E-state index is -0.747. The molecule has 1 aliphatic rings. The van der Waals surface area contributed by atoms with Crippen LogP contribution in [0.15, 0.2) is 36.4 Å². The van der Waals surface area contributed by atoms with E-state index in [0.717, 1.165) is 35.1 Å². The molecular weight excluding hydrogens is 250 g/mol. The zero-order chi connectivity index (χ0) is 14.3. The molecule has 0 aliphatic carbocycles. The maximum atomic E-state index is 11.0. The van der Waals surface area contributed by atoms with Gasteiger partial charge in [-0.3, -0.25) is 0 Å². The summed E-state index contributed by atoms with van der Waals surface area (Å²) in [6.07, 6.45) is 0.784. The Morgan fingerprint density at radius 2 is 1.90 bits per heavy atom. The van der Waals surface area contributed by atoms with Gasteiger partial charge in [0.25, 0.3) is 0 Å². The molecule has 0 spiro atoms. The molecule has 0 saturated carbocycles. The monoisotopic (exact) mass is 271 g/mol. The molecule has 2 atom stereocenters. The predicted molar refractivity (Wildman–Crippen MR) is 81.1 cm³/mol. The number of hydrogen-bond acceptors (Lipinski definition) is 3. The van der Waals surface area contributed by atoms with Gasteiger partial charge in [0, 0.05) is 12.6 Å². The Morgan fingerprint density at radius 3 is 2.55 bits per heavy atom. The van der Waals surface area contributed by atoms with Gasteiger partial charge < -0.3 is 14.7 Å². The molecule has 2 aromatic rings. The molecule has 106 valence electrons. The average molecular weight is 271 g/mol. The van der Waals surface area contributed by atoms with Crippen molar-refractivity contribution in [2.45, 2.75) is 25.0 Å². The van der Waals surface area contributed by atoms with E-state index >= 15 is 0 Å². The molecule has 3 heteroatoms. The second-order valence-electron chi connectivity index (χ2n) is 5.76. The van der Waals surface area contributed by atoms with Crippen LogP contribution in [0.1, 0.15) is 18.9 Å². The van der Waals surface area contributed by atoms with Gasteiger partial charge in [-0.1, -0.05) is 18.2 Å². The molecule has 0 bridgehead atoms. The minimum Gasteiger partial charge on any atom is -0.497 e. The van der Waals surface area contributed by atoms with Crippen molar-refractivity contribution >= 4 is 10.8 Å². The largest absolute Gasteiger partial charge is 0.497 e. The maximum Gasteiger partial charge on any atom is 0.119 e. The van der Waals surface area contributed by atoms with E-state index in [0.29, 0.717) is 0 Å². The lowest BCUT2D eigenvalue weighted by molar-refractivity contribution is 0.0110. The number of rotatable bonds is 2. The topological polar surface area (TPSA) is 32.7 Å². The van der Waals surface area contributed by atoms with E-state index in [9.17, 15) is 5.11 Å². The standard InChI is InChI=1S/C17H21NO2/c1-12-17(19,8-9-18(12)2)15-6-4-14-11-16(20-3)7-5-13(14)10-15/h4-7,10-12,19H,8-9H2,1-3H3/t12-,17-/m1/s1. The first-order valence-electron chi connectivity index (χ1n) is 7.05. The van der Waals surface area contributed by atoms with Crippen LogP contribution in [-0.4, -0.2) is 36.8 Å². The molecule has 0 aromatic heterocycles. The number of hydrogen-bond donors (Lipinski definition) is 1. The summed E-state index contributed by atoms with van der Waals surface area (Å²) in [6.45, 7) is 3.02. The zero-order valence-electron chi connectivity index (χ0n) is 12.3. The Kier molecular flexibility index (Phi) is 3.19. The van der Waals surface area contributed by atoms with Crippen molar-refractivity contribution in [1.29, 1.82) is 0 Å². The smallest absolute Gasteiger partial charge is 0.119 e. The van der Waals surface area contributed by atoms with Gasteiger partial charge >= 0.3 is 0 Å². The number of nitrogens with zero attached hydrogens (tertiary/aromatic N) is 1. The van der Waals surface area contributed by atoms with Gasteiger partial charge in [-0.15, -0.1) is 0 Å². The first-order chi connectivity index (χ1) is 9.54. The van der Waals surface area contributed by atoms with Crippen molar-refractivity contribution in [3.8, 4) is 5.75 Å². The number of likely N-dealkylation sites (tertiary alicyclic amines) is 1. The second kappa shape index (κ2) is 4.76. The minimum absolute atomic E-state index is 0.137. The highest BCUT2D eigenvalue weighted by Crippen LogP contribution is 2.38. The number of benzene rings is 2. The van der Waals surface area contributed by atoms with Crippen LogP contribution in [0.2, 0.25) is 0 Å². The van der Waals surface area contributed by atoms with Crippen LogP contribution in [0.5, 0.6) is 5.75 Å². The first-order valence-corrected chi connectivity index (χ1v) is 7.05. The normalized spacial score (nSPS) is 27.1. The third-order valence-electron chi connectivity index (χ3n) is 4.75. The van der Waals surface area contributed by atoms with Gasteiger partial charge in [0.15, 0.2) is 0 Å². The Labute approximate surface area is 119 Å². The molecule has 2 aromatic carbocycles. The van der Waals surface area contributed by atoms with E-state index in [1.54, 1.807) is 7.11 Å². The summed E-state index contributed by atoms with van der Waals surface area (Å²) in [7, 11) is 3.74. The van der Waals surface area contributed by atoms with Crippen LogP contribution >= 0.6 is 0 Å². The van der Waals surface area contributed by atoms with E-state index in [1.807, 2.05) is 24.3 Å². The summed E-state index contributed by atoms with van der Waals surface area (Å²) in [5.74, 6) is 0.859. The van der Waals surface area contributed by atoms with Crippen LogP contribution in [0.25, 0.3) is 10.8 Å². The lowest BCUT2D eigenvalue weighted by Gasteiger charge is -2.30. The summed E-state index contributed by atoms with van der Waals surface area (Å²) >= 11 is 0. The second-order valence-corrected chi connectivity index (χ2v) is 5.76. The third kappa shape index (κ3) is 1.98. The van der Waals surface area contributed by atoms with E-state index in [4.69, 9.17) is 4.74 Å². The van der Waals surface area contributed by atoms with Gasteiger partial charge in [0.1, 0.15) is 11.4 Å². The van der Waals surface area contributed by atoms with Crippen LogP contribution in [-0.2, 0) is 5.60 Å². The predicted octanol–water partition coefficient (Wildman–Crippen LogP) is 2.76. The van der Waals surface area contributed by atoms with Gasteiger partial charge in [0.05, 0.1) is 7.11 Å². The first kappa shape index (κ1) is 13.4. The van der Waals surface area contributed by atoms with E-state index in [2.05, 4.69) is 31.0 Å². The molecule has 0 amide bonds. The Balaban J connectivity index is 2.05. The van der Waals surface area contributed by atoms with E-state index < -0.39 is 5.60 Å². The van der Waals surface area contributed by atoms with Crippen molar-refractivity contribution in [2.75, 3.05) is 20.7 Å². The fourth-order valence-corrected chi connectivity index (χ4v) is 3.12.